The summed E-state index contributed by atoms with van der Waals surface area (Å²) < 4.78 is 0. The molecule has 0 heterocycles. The van der Waals surface area contributed by atoms with Crippen molar-refractivity contribution in [3.63, 3.8) is 0 Å². The first kappa shape index (κ1) is 54.9. The molecule has 0 aliphatic carbocycles. The molecule has 0 aliphatic heterocycles. The molecule has 0 N–H and O–H groups in total. The van der Waals surface area contributed by atoms with Gasteiger partial charge >= 0.3 is 0 Å². The molecule has 0 saturated heterocycles. The van der Waals surface area contributed by atoms with Crippen LogP contribution < -0.4 is 0 Å². The number of hydrogen-bond acceptors (Lipinski definition) is 0. The molecule has 5 radical (unpaired) electrons. The zero-order valence-corrected chi connectivity index (χ0v) is 26.1. The monoisotopic (exact) mass is 492 g/mol. The third kappa shape index (κ3) is 250. The highest BCUT2D eigenvalue weighted by atomic mass is 14.0. The Morgan fingerprint density at radius 1 is 0.583 bits per heavy atom. The molecular formula is C32H63B4. The van der Waals surface area contributed by atoms with Crippen LogP contribution in [0.2, 0.25) is 19.0 Å². The van der Waals surface area contributed by atoms with Crippen LogP contribution in [-0.4, -0.2) is 29.7 Å². The lowest BCUT2D eigenvalue weighted by atomic mass is 9.70. The number of rotatable bonds is 11. The minimum atomic E-state index is 0.841. The van der Waals surface area contributed by atoms with E-state index >= 15 is 0 Å². The number of allylic oxidation sites excluding steroid dienone is 4. The lowest BCUT2D eigenvalue weighted by Gasteiger charge is -2.05. The van der Waals surface area contributed by atoms with Crippen molar-refractivity contribution in [2.45, 2.75) is 100 Å². The van der Waals surface area contributed by atoms with Crippen molar-refractivity contribution in [2.75, 3.05) is 0 Å². The largest absolute Gasteiger partial charge is 0.140 e. The van der Waals surface area contributed by atoms with Gasteiger partial charge < -0.3 is 0 Å². The first-order chi connectivity index (χ1) is 17.2. The van der Waals surface area contributed by atoms with Gasteiger partial charge in [-0.15, -0.1) is 76.5 Å². The van der Waals surface area contributed by atoms with Crippen molar-refractivity contribution in [3.8, 4) is 0 Å². The fourth-order valence-corrected chi connectivity index (χ4v) is 1.51. The van der Waals surface area contributed by atoms with E-state index in [-0.39, 0.29) is 0 Å². The Labute approximate surface area is 236 Å². The van der Waals surface area contributed by atoms with E-state index in [1.54, 1.807) is 24.3 Å². The van der Waals surface area contributed by atoms with E-state index in [0.29, 0.717) is 0 Å². The van der Waals surface area contributed by atoms with Crippen LogP contribution in [0.25, 0.3) is 0 Å². The van der Waals surface area contributed by atoms with Crippen molar-refractivity contribution in [2.24, 2.45) is 5.92 Å². The van der Waals surface area contributed by atoms with Crippen molar-refractivity contribution in [1.82, 2.24) is 0 Å². The summed E-state index contributed by atoms with van der Waals surface area (Å²) in [6.07, 6.45) is 15.6. The Morgan fingerprint density at radius 2 is 0.833 bits per heavy atom. The molecule has 0 amide bonds. The topological polar surface area (TPSA) is 0 Å². The average molecular weight is 491 g/mol. The standard InChI is InChI=1S/C8H16B.2C5H10B.4C3H6.C2H3B/c1-4-6-8(3)7-9-5-2;2*1-3-5-6-4-2;4*1-3-2;1-2-3/h5,8H,2,4,6-7H2,1,3H3;2*4H,2-3,5H2,1H3;4*3H,1H2,2H3;2H,1H2. The molecule has 0 aromatic rings. The molecular weight excluding hydrogens is 428 g/mol. The molecule has 36 heavy (non-hydrogen) atoms. The molecule has 203 valence electrons. The van der Waals surface area contributed by atoms with Gasteiger partial charge in [0, 0.05) is 0 Å². The first-order valence-electron chi connectivity index (χ1n) is 13.1. The highest BCUT2D eigenvalue weighted by molar-refractivity contribution is 6.42. The fraction of sp³-hybridized carbons (Fsp3) is 0.500. The zero-order chi connectivity index (χ0) is 30.3. The van der Waals surface area contributed by atoms with Crippen molar-refractivity contribution in [3.05, 3.63) is 101 Å². The Balaban J connectivity index is -0.0000000435. The van der Waals surface area contributed by atoms with Gasteiger partial charge in [0.15, 0.2) is 0 Å². The first-order valence-corrected chi connectivity index (χ1v) is 13.1. The van der Waals surface area contributed by atoms with Crippen LogP contribution in [0.4, 0.5) is 0 Å². The van der Waals surface area contributed by atoms with E-state index in [2.05, 4.69) is 110 Å². The summed E-state index contributed by atoms with van der Waals surface area (Å²) in [7, 11) is 10.9. The molecule has 0 rings (SSSR count). The van der Waals surface area contributed by atoms with Gasteiger partial charge in [0.2, 0.25) is 0 Å². The quantitative estimate of drug-likeness (QED) is 0.153. The predicted octanol–water partition coefficient (Wildman–Crippen LogP) is 11.1. The third-order valence-electron chi connectivity index (χ3n) is 2.73. The van der Waals surface area contributed by atoms with E-state index in [1.165, 1.54) is 50.6 Å². The Hall–Kier alpha value is -1.82. The molecule has 0 aromatic carbocycles. The second-order valence-electron chi connectivity index (χ2n) is 6.99. The molecule has 0 aliphatic rings. The number of hydrogen-bond donors (Lipinski definition) is 0. The van der Waals surface area contributed by atoms with Crippen LogP contribution in [-0.2, 0) is 0 Å². The maximum Gasteiger partial charge on any atom is 0.140 e. The fourth-order valence-electron chi connectivity index (χ4n) is 1.51. The molecule has 0 bridgehead atoms. The van der Waals surface area contributed by atoms with Crippen LogP contribution in [0.1, 0.15) is 81.1 Å². The van der Waals surface area contributed by atoms with Gasteiger partial charge in [0.1, 0.15) is 29.7 Å². The highest BCUT2D eigenvalue weighted by Crippen LogP contribution is 2.09. The molecule has 0 nitrogen and oxygen atoms in total. The van der Waals surface area contributed by atoms with Gasteiger partial charge in [-0.2, -0.15) is 0 Å². The van der Waals surface area contributed by atoms with Crippen LogP contribution in [0.15, 0.2) is 101 Å². The molecule has 4 heteroatoms. The molecule has 0 spiro atoms. The zero-order valence-electron chi connectivity index (χ0n) is 26.1. The van der Waals surface area contributed by atoms with Crippen LogP contribution in [0, 0.1) is 5.92 Å². The van der Waals surface area contributed by atoms with Gasteiger partial charge in [-0.3, -0.25) is 0 Å². The lowest BCUT2D eigenvalue weighted by Crippen LogP contribution is -1.96. The second-order valence-corrected chi connectivity index (χ2v) is 6.99. The minimum Gasteiger partial charge on any atom is -0.139 e. The summed E-state index contributed by atoms with van der Waals surface area (Å²) in [6, 6.07) is 0. The molecule has 1 unspecified atom stereocenters. The molecule has 0 aromatic heterocycles. The molecule has 0 fully saturated rings. The van der Waals surface area contributed by atoms with Crippen LogP contribution in [0.3, 0.4) is 0 Å². The van der Waals surface area contributed by atoms with Gasteiger partial charge in [0.25, 0.3) is 0 Å². The van der Waals surface area contributed by atoms with E-state index in [1.807, 2.05) is 45.6 Å². The Kier molecular flexibility index (Phi) is 142. The average Bonchev–Trinajstić information content (AvgIpc) is 2.84. The summed E-state index contributed by atoms with van der Waals surface area (Å²) >= 11 is 0. The van der Waals surface area contributed by atoms with E-state index in [9.17, 15) is 0 Å². The maximum absolute atomic E-state index is 4.61. The highest BCUT2D eigenvalue weighted by Gasteiger charge is 1.97. The summed E-state index contributed by atoms with van der Waals surface area (Å²) in [5.41, 5.74) is 0. The van der Waals surface area contributed by atoms with Crippen molar-refractivity contribution < 1.29 is 0 Å². The lowest BCUT2D eigenvalue weighted by molar-refractivity contribution is 0.574. The third-order valence-corrected chi connectivity index (χ3v) is 2.73. The van der Waals surface area contributed by atoms with E-state index < -0.39 is 0 Å². The minimum absolute atomic E-state index is 0.841. The van der Waals surface area contributed by atoms with Crippen LogP contribution in [0.5, 0.6) is 0 Å². The van der Waals surface area contributed by atoms with E-state index in [0.717, 1.165) is 5.92 Å². The van der Waals surface area contributed by atoms with Gasteiger partial charge in [-0.1, -0.05) is 103 Å². The van der Waals surface area contributed by atoms with Gasteiger partial charge in [-0.05, 0) is 27.7 Å². The summed E-state index contributed by atoms with van der Waals surface area (Å²) in [6.45, 7) is 43.7. The summed E-state index contributed by atoms with van der Waals surface area (Å²) in [4.78, 5) is 0. The van der Waals surface area contributed by atoms with Crippen molar-refractivity contribution >= 4 is 29.7 Å². The Morgan fingerprint density at radius 3 is 0.972 bits per heavy atom. The predicted molar refractivity (Wildman–Crippen MR) is 186 cm³/mol. The smallest absolute Gasteiger partial charge is 0.139 e. The summed E-state index contributed by atoms with van der Waals surface area (Å²) in [5, 5.41) is 0. The molecule has 1 atom stereocenters. The van der Waals surface area contributed by atoms with E-state index in [4.69, 9.17) is 0 Å². The van der Waals surface area contributed by atoms with Gasteiger partial charge in [0.05, 0.1) is 0 Å². The molecule has 0 saturated carbocycles. The van der Waals surface area contributed by atoms with Crippen molar-refractivity contribution in [1.29, 1.82) is 0 Å². The van der Waals surface area contributed by atoms with Crippen LogP contribution >= 0.6 is 0 Å². The normalized spacial score (nSPS) is 7.44. The summed E-state index contributed by atoms with van der Waals surface area (Å²) in [5.74, 6) is 7.65. The van der Waals surface area contributed by atoms with Gasteiger partial charge in [-0.25, -0.2) is 0 Å². The SMILES string of the molecule is C=CC.C=CC.C=CC.C=CC.C=C[B]CC(C)CCC.C=C[B]CCC.C=C[B]CCC.[B]C=C. The Bertz CT molecular complexity index is 341. The maximum atomic E-state index is 4.61. The second kappa shape index (κ2) is 93.4.